The summed E-state index contributed by atoms with van der Waals surface area (Å²) >= 11 is 1.40. The van der Waals surface area contributed by atoms with E-state index in [-0.39, 0.29) is 5.91 Å². The predicted octanol–water partition coefficient (Wildman–Crippen LogP) is 6.14. The van der Waals surface area contributed by atoms with E-state index in [1.165, 1.54) is 16.3 Å². The second-order valence-corrected chi connectivity index (χ2v) is 8.17. The van der Waals surface area contributed by atoms with Gasteiger partial charge in [0.1, 0.15) is 5.75 Å². The third kappa shape index (κ3) is 3.96. The Morgan fingerprint density at radius 3 is 2.53 bits per heavy atom. The van der Waals surface area contributed by atoms with Crippen LogP contribution in [0.4, 0.5) is 5.13 Å². The zero-order chi connectivity index (χ0) is 21.9. The van der Waals surface area contributed by atoms with Gasteiger partial charge in [0.25, 0.3) is 5.91 Å². The van der Waals surface area contributed by atoms with E-state index in [1.54, 1.807) is 13.3 Å². The SMILES string of the molecule is COc1ccc2nc(N(/N=C/c3ccccc3)C(=O)c3ccc4ccccc4c3)sc2c1. The van der Waals surface area contributed by atoms with Gasteiger partial charge in [0, 0.05) is 5.56 Å². The van der Waals surface area contributed by atoms with Crippen molar-refractivity contribution in [2.24, 2.45) is 5.10 Å². The second kappa shape index (κ2) is 8.61. The molecule has 0 atom stereocenters. The first-order chi connectivity index (χ1) is 15.7. The number of carbonyl (C=O) groups excluding carboxylic acids is 1. The van der Waals surface area contributed by atoms with E-state index in [2.05, 4.69) is 10.1 Å². The van der Waals surface area contributed by atoms with Crippen molar-refractivity contribution in [3.8, 4) is 5.75 Å². The number of ether oxygens (including phenoxy) is 1. The van der Waals surface area contributed by atoms with Gasteiger partial charge in [0.05, 0.1) is 23.5 Å². The molecule has 0 spiro atoms. The fourth-order valence-corrected chi connectivity index (χ4v) is 4.36. The fourth-order valence-electron chi connectivity index (χ4n) is 3.41. The van der Waals surface area contributed by atoms with Crippen LogP contribution in [0.2, 0.25) is 0 Å². The number of amides is 1. The molecular weight excluding hydrogens is 418 g/mol. The van der Waals surface area contributed by atoms with Crippen LogP contribution < -0.4 is 9.75 Å². The number of benzene rings is 4. The highest BCUT2D eigenvalue weighted by molar-refractivity contribution is 7.22. The molecule has 5 aromatic rings. The van der Waals surface area contributed by atoms with E-state index in [9.17, 15) is 4.79 Å². The molecular formula is C26H19N3O2S. The molecule has 0 aliphatic heterocycles. The van der Waals surface area contributed by atoms with Gasteiger partial charge in [-0.05, 0) is 46.7 Å². The summed E-state index contributed by atoms with van der Waals surface area (Å²) in [5, 5.41) is 8.48. The van der Waals surface area contributed by atoms with Crippen molar-refractivity contribution >= 4 is 49.6 Å². The molecule has 4 aromatic carbocycles. The zero-order valence-corrected chi connectivity index (χ0v) is 18.1. The lowest BCUT2D eigenvalue weighted by Crippen LogP contribution is -2.25. The van der Waals surface area contributed by atoms with Crippen LogP contribution in [-0.2, 0) is 0 Å². The maximum atomic E-state index is 13.6. The minimum absolute atomic E-state index is 0.242. The third-order valence-corrected chi connectivity index (χ3v) is 6.07. The highest BCUT2D eigenvalue weighted by Gasteiger charge is 2.21. The number of nitrogens with zero attached hydrogens (tertiary/aromatic N) is 3. The standard InChI is InChI=1S/C26H19N3O2S/c1-31-22-13-14-23-24(16-22)32-26(28-23)29(27-17-18-7-3-2-4-8-18)25(30)21-12-11-19-9-5-6-10-20(19)15-21/h2-17H,1H3/b27-17+. The van der Waals surface area contributed by atoms with Crippen molar-refractivity contribution in [3.63, 3.8) is 0 Å². The van der Waals surface area contributed by atoms with Crippen LogP contribution in [0.15, 0.2) is 96.1 Å². The van der Waals surface area contributed by atoms with Crippen molar-refractivity contribution < 1.29 is 9.53 Å². The molecule has 0 aliphatic rings. The van der Waals surface area contributed by atoms with Gasteiger partial charge in [0.2, 0.25) is 5.13 Å². The molecule has 5 nitrogen and oxygen atoms in total. The number of carbonyl (C=O) groups is 1. The van der Waals surface area contributed by atoms with Gasteiger partial charge in [-0.25, -0.2) is 4.98 Å². The molecule has 0 N–H and O–H groups in total. The number of anilines is 1. The van der Waals surface area contributed by atoms with Gasteiger partial charge in [-0.2, -0.15) is 10.1 Å². The number of aromatic nitrogens is 1. The maximum Gasteiger partial charge on any atom is 0.280 e. The minimum Gasteiger partial charge on any atom is -0.497 e. The first-order valence-corrected chi connectivity index (χ1v) is 10.9. The lowest BCUT2D eigenvalue weighted by Gasteiger charge is -2.14. The molecule has 5 rings (SSSR count). The Kier molecular flexibility index (Phi) is 5.35. The van der Waals surface area contributed by atoms with E-state index >= 15 is 0 Å². The number of hydrogen-bond donors (Lipinski definition) is 0. The van der Waals surface area contributed by atoms with Crippen molar-refractivity contribution in [2.45, 2.75) is 0 Å². The summed E-state index contributed by atoms with van der Waals surface area (Å²) in [6.45, 7) is 0. The maximum absolute atomic E-state index is 13.6. The van der Waals surface area contributed by atoms with Crippen LogP contribution in [0.5, 0.6) is 5.75 Å². The summed E-state index contributed by atoms with van der Waals surface area (Å²) in [6, 6.07) is 28.9. The first kappa shape index (κ1) is 19.9. The molecule has 0 saturated heterocycles. The second-order valence-electron chi connectivity index (χ2n) is 7.16. The molecule has 0 unspecified atom stereocenters. The lowest BCUT2D eigenvalue weighted by molar-refractivity contribution is 0.0988. The molecule has 1 aromatic heterocycles. The van der Waals surface area contributed by atoms with Crippen molar-refractivity contribution in [1.82, 2.24) is 4.98 Å². The Balaban J connectivity index is 1.58. The summed E-state index contributed by atoms with van der Waals surface area (Å²) in [6.07, 6.45) is 1.67. The number of fused-ring (bicyclic) bond motifs is 2. The first-order valence-electron chi connectivity index (χ1n) is 10.1. The molecule has 32 heavy (non-hydrogen) atoms. The molecule has 0 saturated carbocycles. The fraction of sp³-hybridized carbons (Fsp3) is 0.0385. The number of rotatable bonds is 5. The Labute approximate surface area is 189 Å². The highest BCUT2D eigenvalue weighted by Crippen LogP contribution is 2.32. The quantitative estimate of drug-likeness (QED) is 0.245. The van der Waals surface area contributed by atoms with E-state index < -0.39 is 0 Å². The molecule has 1 heterocycles. The largest absolute Gasteiger partial charge is 0.497 e. The van der Waals surface area contributed by atoms with Crippen LogP contribution in [-0.4, -0.2) is 24.2 Å². The lowest BCUT2D eigenvalue weighted by atomic mass is 10.1. The highest BCUT2D eigenvalue weighted by atomic mass is 32.1. The Hall–Kier alpha value is -4.03. The Morgan fingerprint density at radius 2 is 1.72 bits per heavy atom. The summed E-state index contributed by atoms with van der Waals surface area (Å²) in [4.78, 5) is 18.2. The monoisotopic (exact) mass is 437 g/mol. The average molecular weight is 438 g/mol. The van der Waals surface area contributed by atoms with Gasteiger partial charge >= 0.3 is 0 Å². The van der Waals surface area contributed by atoms with Crippen LogP contribution in [0.25, 0.3) is 21.0 Å². The number of hydrogen-bond acceptors (Lipinski definition) is 5. The molecule has 0 fully saturated rings. The summed E-state index contributed by atoms with van der Waals surface area (Å²) in [5.74, 6) is 0.502. The molecule has 6 heteroatoms. The minimum atomic E-state index is -0.242. The van der Waals surface area contributed by atoms with Gasteiger partial charge in [-0.3, -0.25) is 4.79 Å². The predicted molar refractivity (Wildman–Crippen MR) is 131 cm³/mol. The van der Waals surface area contributed by atoms with Crippen LogP contribution in [0.3, 0.4) is 0 Å². The number of thiazole rings is 1. The smallest absolute Gasteiger partial charge is 0.280 e. The normalized spacial score (nSPS) is 11.3. The topological polar surface area (TPSA) is 54.8 Å². The van der Waals surface area contributed by atoms with Gasteiger partial charge in [0.15, 0.2) is 0 Å². The van der Waals surface area contributed by atoms with E-state index in [0.29, 0.717) is 10.7 Å². The van der Waals surface area contributed by atoms with E-state index in [4.69, 9.17) is 4.74 Å². The number of methoxy groups -OCH3 is 1. The van der Waals surface area contributed by atoms with Gasteiger partial charge < -0.3 is 4.74 Å². The molecule has 0 bridgehead atoms. The van der Waals surface area contributed by atoms with Crippen LogP contribution in [0.1, 0.15) is 15.9 Å². The van der Waals surface area contributed by atoms with Gasteiger partial charge in [-0.15, -0.1) is 0 Å². The molecule has 1 amide bonds. The third-order valence-electron chi connectivity index (χ3n) is 5.08. The summed E-state index contributed by atoms with van der Waals surface area (Å²) in [5.41, 5.74) is 2.23. The molecule has 0 radical (unpaired) electrons. The van der Waals surface area contributed by atoms with E-state index in [0.717, 1.165) is 32.3 Å². The average Bonchev–Trinajstić information content (AvgIpc) is 3.27. The molecule has 156 valence electrons. The zero-order valence-electron chi connectivity index (χ0n) is 17.3. The van der Waals surface area contributed by atoms with E-state index in [1.807, 2.05) is 91.0 Å². The Bertz CT molecular complexity index is 1440. The van der Waals surface area contributed by atoms with Crippen molar-refractivity contribution in [2.75, 3.05) is 12.1 Å². The van der Waals surface area contributed by atoms with Crippen molar-refractivity contribution in [1.29, 1.82) is 0 Å². The Morgan fingerprint density at radius 1 is 0.938 bits per heavy atom. The molecule has 0 aliphatic carbocycles. The number of hydrazone groups is 1. The summed E-state index contributed by atoms with van der Waals surface area (Å²) in [7, 11) is 1.63. The van der Waals surface area contributed by atoms with Crippen LogP contribution in [0, 0.1) is 0 Å². The summed E-state index contributed by atoms with van der Waals surface area (Å²) < 4.78 is 6.25. The van der Waals surface area contributed by atoms with Gasteiger partial charge in [-0.1, -0.05) is 72.0 Å². The van der Waals surface area contributed by atoms with Crippen LogP contribution >= 0.6 is 11.3 Å². The van der Waals surface area contributed by atoms with Crippen molar-refractivity contribution in [3.05, 3.63) is 102 Å².